The predicted octanol–water partition coefficient (Wildman–Crippen LogP) is 3.02. The first-order valence-electron chi connectivity index (χ1n) is 5.28. The molecule has 3 rings (SSSR count). The van der Waals surface area contributed by atoms with Gasteiger partial charge in [-0.3, -0.25) is 4.99 Å². The lowest BCUT2D eigenvalue weighted by atomic mass is 10.2. The topological polar surface area (TPSA) is 26.5 Å². The number of fused-ring (bicyclic) bond motifs is 3. The summed E-state index contributed by atoms with van der Waals surface area (Å²) < 4.78 is 3.01. The summed E-state index contributed by atoms with van der Waals surface area (Å²) in [5.41, 5.74) is 2.27. The van der Waals surface area contributed by atoms with Gasteiger partial charge in [-0.1, -0.05) is 30.0 Å². The molecule has 1 aromatic carbocycles. The molecule has 1 aliphatic heterocycles. The number of hydrogen-bond donors (Lipinski definition) is 0. The van der Waals surface area contributed by atoms with Crippen LogP contribution in [-0.4, -0.2) is 22.5 Å². The van der Waals surface area contributed by atoms with Crippen LogP contribution in [0.15, 0.2) is 34.2 Å². The van der Waals surface area contributed by atoms with Crippen molar-refractivity contribution in [1.29, 1.82) is 0 Å². The zero-order valence-electron chi connectivity index (χ0n) is 9.64. The zero-order chi connectivity index (χ0) is 11.8. The Balaban J connectivity index is 2.25. The number of aliphatic imine (C=N–C) groups is 1. The van der Waals surface area contributed by atoms with Crippen molar-refractivity contribution in [3.8, 4) is 0 Å². The van der Waals surface area contributed by atoms with Crippen molar-refractivity contribution >= 4 is 38.8 Å². The number of benzene rings is 1. The molecule has 1 aromatic heterocycles. The minimum Gasteiger partial charge on any atom is -0.417 e. The maximum Gasteiger partial charge on any atom is 0.129 e. The van der Waals surface area contributed by atoms with Crippen LogP contribution < -0.4 is 4.84 Å². The van der Waals surface area contributed by atoms with Gasteiger partial charge in [-0.25, -0.2) is 0 Å². The minimum absolute atomic E-state index is 0.695. The van der Waals surface area contributed by atoms with Crippen molar-refractivity contribution < 1.29 is 4.84 Å². The largest absolute Gasteiger partial charge is 0.417 e. The van der Waals surface area contributed by atoms with Crippen LogP contribution >= 0.6 is 23.5 Å². The molecule has 2 aromatic rings. The molecule has 0 fully saturated rings. The molecule has 0 radical (unpaired) electrons. The molecular formula is C12H12N2OS2. The van der Waals surface area contributed by atoms with E-state index in [9.17, 15) is 0 Å². The number of thioether (sulfide) groups is 2. The van der Waals surface area contributed by atoms with Gasteiger partial charge < -0.3 is 4.84 Å². The minimum atomic E-state index is 0.695. The number of nitrogens with zero attached hydrogens (tertiary/aromatic N) is 2. The molecule has 0 aliphatic carbocycles. The monoisotopic (exact) mass is 264 g/mol. The molecule has 1 aliphatic rings. The SMILES string of the molecule is COn1c2c(c3ccccc31)SC(SC)=NC2. The van der Waals surface area contributed by atoms with Crippen molar-refractivity contribution in [2.45, 2.75) is 11.4 Å². The van der Waals surface area contributed by atoms with E-state index < -0.39 is 0 Å². The summed E-state index contributed by atoms with van der Waals surface area (Å²) in [7, 11) is 1.70. The highest BCUT2D eigenvalue weighted by atomic mass is 32.2. The van der Waals surface area contributed by atoms with E-state index in [1.165, 1.54) is 10.3 Å². The van der Waals surface area contributed by atoms with Crippen molar-refractivity contribution in [2.24, 2.45) is 4.99 Å². The van der Waals surface area contributed by atoms with Gasteiger partial charge in [0.25, 0.3) is 0 Å². The molecule has 88 valence electrons. The Labute approximate surface area is 108 Å². The normalized spacial score (nSPS) is 14.6. The smallest absolute Gasteiger partial charge is 0.129 e. The maximum absolute atomic E-state index is 5.46. The van der Waals surface area contributed by atoms with E-state index in [-0.39, 0.29) is 0 Å². The zero-order valence-corrected chi connectivity index (χ0v) is 11.3. The van der Waals surface area contributed by atoms with E-state index in [2.05, 4.69) is 29.4 Å². The third kappa shape index (κ3) is 1.65. The Morgan fingerprint density at radius 2 is 2.24 bits per heavy atom. The molecule has 0 unspecified atom stereocenters. The standard InChI is InChI=1S/C12H12N2OS2/c1-15-14-9-6-4-3-5-8(9)11-10(14)7-13-12(16-2)17-11/h3-6H,7H2,1-2H3. The van der Waals surface area contributed by atoms with Gasteiger partial charge in [-0.15, -0.1) is 11.8 Å². The molecule has 5 heteroatoms. The van der Waals surface area contributed by atoms with Crippen molar-refractivity contribution in [3.63, 3.8) is 0 Å². The average Bonchev–Trinajstić information content (AvgIpc) is 2.71. The van der Waals surface area contributed by atoms with Crippen LogP contribution in [0.2, 0.25) is 0 Å². The molecule has 0 saturated heterocycles. The third-order valence-corrected chi connectivity index (χ3v) is 4.97. The van der Waals surface area contributed by atoms with Gasteiger partial charge in [-0.05, 0) is 12.3 Å². The van der Waals surface area contributed by atoms with Crippen LogP contribution in [-0.2, 0) is 6.54 Å². The van der Waals surface area contributed by atoms with Crippen molar-refractivity contribution in [3.05, 3.63) is 30.0 Å². The first-order chi connectivity index (χ1) is 8.35. The van der Waals surface area contributed by atoms with E-state index in [1.807, 2.05) is 10.8 Å². The Bertz CT molecular complexity index is 604. The molecule has 2 heterocycles. The third-order valence-electron chi connectivity index (χ3n) is 2.78. The highest BCUT2D eigenvalue weighted by Gasteiger charge is 2.22. The van der Waals surface area contributed by atoms with Crippen LogP contribution in [0.5, 0.6) is 0 Å². The lowest BCUT2D eigenvalue weighted by Gasteiger charge is -2.12. The fraction of sp³-hybridized carbons (Fsp3) is 0.250. The second-order valence-corrected chi connectivity index (χ2v) is 5.71. The van der Waals surface area contributed by atoms with Gasteiger partial charge in [0.1, 0.15) is 11.5 Å². The summed E-state index contributed by atoms with van der Waals surface area (Å²) in [6.07, 6.45) is 2.06. The van der Waals surface area contributed by atoms with Gasteiger partial charge in [0.2, 0.25) is 0 Å². The van der Waals surface area contributed by atoms with E-state index >= 15 is 0 Å². The predicted molar refractivity (Wildman–Crippen MR) is 75.0 cm³/mol. The summed E-state index contributed by atoms with van der Waals surface area (Å²) in [6.45, 7) is 0.695. The molecule has 0 spiro atoms. The number of rotatable bonds is 1. The number of hydrogen-bond acceptors (Lipinski definition) is 4. The number of aromatic nitrogens is 1. The Morgan fingerprint density at radius 1 is 1.41 bits per heavy atom. The van der Waals surface area contributed by atoms with Gasteiger partial charge in [0.15, 0.2) is 0 Å². The van der Waals surface area contributed by atoms with Gasteiger partial charge >= 0.3 is 0 Å². The van der Waals surface area contributed by atoms with Crippen LogP contribution in [0.25, 0.3) is 10.9 Å². The summed E-state index contributed by atoms with van der Waals surface area (Å²) in [5.74, 6) is 0. The molecule has 17 heavy (non-hydrogen) atoms. The first-order valence-corrected chi connectivity index (χ1v) is 7.32. The summed E-state index contributed by atoms with van der Waals surface area (Å²) in [5, 5.41) is 1.25. The molecule has 0 atom stereocenters. The second-order valence-electron chi connectivity index (χ2n) is 3.66. The van der Waals surface area contributed by atoms with E-state index in [0.29, 0.717) is 6.54 Å². The first kappa shape index (κ1) is 11.0. The summed E-state index contributed by atoms with van der Waals surface area (Å²) in [6, 6.07) is 8.31. The van der Waals surface area contributed by atoms with Crippen molar-refractivity contribution in [2.75, 3.05) is 13.4 Å². The lowest BCUT2D eigenvalue weighted by Crippen LogP contribution is -2.11. The van der Waals surface area contributed by atoms with E-state index in [0.717, 1.165) is 15.6 Å². The van der Waals surface area contributed by atoms with E-state index in [4.69, 9.17) is 4.84 Å². The summed E-state index contributed by atoms with van der Waals surface area (Å²) in [4.78, 5) is 11.3. The Hall–Kier alpha value is -1.07. The highest BCUT2D eigenvalue weighted by molar-refractivity contribution is 8.38. The average molecular weight is 264 g/mol. The van der Waals surface area contributed by atoms with Crippen LogP contribution in [0.3, 0.4) is 0 Å². The van der Waals surface area contributed by atoms with Crippen LogP contribution in [0.1, 0.15) is 5.69 Å². The molecule has 0 bridgehead atoms. The van der Waals surface area contributed by atoms with Gasteiger partial charge in [-0.2, -0.15) is 4.73 Å². The molecule has 3 nitrogen and oxygen atoms in total. The number of para-hydroxylation sites is 1. The van der Waals surface area contributed by atoms with E-state index in [1.54, 1.807) is 30.6 Å². The Kier molecular flexibility index (Phi) is 2.80. The fourth-order valence-electron chi connectivity index (χ4n) is 2.06. The molecule has 0 N–H and O–H groups in total. The quantitative estimate of drug-likeness (QED) is 0.792. The summed E-state index contributed by atoms with van der Waals surface area (Å²) >= 11 is 3.43. The Morgan fingerprint density at radius 3 is 3.00 bits per heavy atom. The van der Waals surface area contributed by atoms with Gasteiger partial charge in [0.05, 0.1) is 17.8 Å². The lowest BCUT2D eigenvalue weighted by molar-refractivity contribution is 0.170. The van der Waals surface area contributed by atoms with Crippen LogP contribution in [0.4, 0.5) is 0 Å². The maximum atomic E-state index is 5.46. The second kappa shape index (κ2) is 4.31. The van der Waals surface area contributed by atoms with Crippen LogP contribution in [0, 0.1) is 0 Å². The molecule has 0 amide bonds. The molecular weight excluding hydrogens is 252 g/mol. The highest BCUT2D eigenvalue weighted by Crippen LogP contribution is 2.39. The molecule has 0 saturated carbocycles. The van der Waals surface area contributed by atoms with Crippen molar-refractivity contribution in [1.82, 2.24) is 4.73 Å². The van der Waals surface area contributed by atoms with Gasteiger partial charge in [0, 0.05) is 10.3 Å². The fourth-order valence-corrected chi connectivity index (χ4v) is 3.69.